The number of hydrogen-bond acceptors (Lipinski definition) is 0. The predicted octanol–water partition coefficient (Wildman–Crippen LogP) is 6.45. The van der Waals surface area contributed by atoms with Gasteiger partial charge >= 0.3 is 0 Å². The molecule has 0 spiro atoms. The highest BCUT2D eigenvalue weighted by molar-refractivity contribution is 7.23. The van der Waals surface area contributed by atoms with E-state index in [4.69, 9.17) is 11.1 Å². The summed E-state index contributed by atoms with van der Waals surface area (Å²) in [7, 11) is -2.26. The molecule has 0 aromatic carbocycles. The van der Waals surface area contributed by atoms with E-state index in [1.54, 1.807) is 21.1 Å². The molecule has 21 heavy (non-hydrogen) atoms. The van der Waals surface area contributed by atoms with E-state index in [1.807, 2.05) is 0 Å². The highest BCUT2D eigenvalue weighted by atomic mass is 35.6. The van der Waals surface area contributed by atoms with E-state index in [1.165, 1.54) is 38.3 Å². The van der Waals surface area contributed by atoms with Crippen LogP contribution in [0, 0.1) is 0 Å². The van der Waals surface area contributed by atoms with E-state index in [-0.39, 0.29) is 0 Å². The van der Waals surface area contributed by atoms with Crippen molar-refractivity contribution in [3.8, 4) is 0 Å². The topological polar surface area (TPSA) is 0 Å². The zero-order chi connectivity index (χ0) is 16.2. The van der Waals surface area contributed by atoms with Crippen molar-refractivity contribution >= 4 is 34.0 Å². The van der Waals surface area contributed by atoms with E-state index in [9.17, 15) is 0 Å². The maximum absolute atomic E-state index is 7.11. The second kappa shape index (κ2) is 8.21. The van der Waals surface area contributed by atoms with Crippen molar-refractivity contribution < 1.29 is 0 Å². The summed E-state index contributed by atoms with van der Waals surface area (Å²) in [6.45, 7) is 17.5. The first kappa shape index (κ1) is 19.3. The minimum Gasteiger partial charge on any atom is -0.157 e. The molecule has 0 aromatic rings. The molecule has 4 heteroatoms. The monoisotopic (exact) mass is 339 g/mol. The van der Waals surface area contributed by atoms with Crippen LogP contribution >= 0.6 is 11.1 Å². The SMILES string of the molecule is CCCCC1=C(B(CC)CC)C(CC)=C([Si](C)(C)C)[Si]1Cl. The van der Waals surface area contributed by atoms with Gasteiger partial charge < -0.3 is 0 Å². The van der Waals surface area contributed by atoms with Crippen LogP contribution in [-0.4, -0.2) is 22.9 Å². The molecular formula is C17H33BClSi2. The summed E-state index contributed by atoms with van der Waals surface area (Å²) in [5, 5.41) is 1.69. The minimum atomic E-state index is -1.31. The number of halogens is 1. The van der Waals surface area contributed by atoms with E-state index in [2.05, 4.69) is 47.3 Å². The minimum absolute atomic E-state index is 0.736. The van der Waals surface area contributed by atoms with Gasteiger partial charge in [-0.2, -0.15) is 11.1 Å². The zero-order valence-corrected chi connectivity index (χ0v) is 18.0. The fourth-order valence-electron chi connectivity index (χ4n) is 3.66. The third-order valence-corrected chi connectivity index (χ3v) is 13.0. The highest BCUT2D eigenvalue weighted by Crippen LogP contribution is 2.43. The molecule has 0 atom stereocenters. The summed E-state index contributed by atoms with van der Waals surface area (Å²) < 4.78 is 0. The number of allylic oxidation sites excluding steroid dienone is 3. The molecule has 1 aliphatic heterocycles. The third kappa shape index (κ3) is 4.17. The summed E-state index contributed by atoms with van der Waals surface area (Å²) in [5.74, 6) is 0. The summed E-state index contributed by atoms with van der Waals surface area (Å²) >= 11 is 7.11. The molecule has 0 aliphatic carbocycles. The summed E-state index contributed by atoms with van der Waals surface area (Å²) in [4.78, 5) is 1.74. The average Bonchev–Trinajstić information content (AvgIpc) is 2.70. The van der Waals surface area contributed by atoms with Gasteiger partial charge in [0.25, 0.3) is 0 Å². The van der Waals surface area contributed by atoms with E-state index in [0.717, 1.165) is 6.71 Å². The Morgan fingerprint density at radius 2 is 1.62 bits per heavy atom. The molecule has 119 valence electrons. The van der Waals surface area contributed by atoms with Crippen molar-refractivity contribution in [2.24, 2.45) is 0 Å². The molecule has 0 N–H and O–H groups in total. The van der Waals surface area contributed by atoms with Crippen molar-refractivity contribution in [2.75, 3.05) is 0 Å². The fraction of sp³-hybridized carbons (Fsp3) is 0.765. The molecule has 0 saturated heterocycles. The second-order valence-electron chi connectivity index (χ2n) is 7.28. The van der Waals surface area contributed by atoms with Crippen LogP contribution in [0.3, 0.4) is 0 Å². The average molecular weight is 340 g/mol. The lowest BCUT2D eigenvalue weighted by Gasteiger charge is -2.24. The predicted molar refractivity (Wildman–Crippen MR) is 106 cm³/mol. The summed E-state index contributed by atoms with van der Waals surface area (Å²) in [6, 6.07) is 0. The van der Waals surface area contributed by atoms with Crippen molar-refractivity contribution in [3.63, 3.8) is 0 Å². The largest absolute Gasteiger partial charge is 0.221 e. The Hall–Kier alpha value is 0.269. The van der Waals surface area contributed by atoms with Gasteiger partial charge in [-0.25, -0.2) is 0 Å². The van der Waals surface area contributed by atoms with Crippen LogP contribution in [0.25, 0.3) is 0 Å². The van der Waals surface area contributed by atoms with Gasteiger partial charge in [0, 0.05) is 0 Å². The lowest BCUT2D eigenvalue weighted by molar-refractivity contribution is 0.804. The van der Waals surface area contributed by atoms with Crippen molar-refractivity contribution in [1.82, 2.24) is 0 Å². The molecule has 0 unspecified atom stereocenters. The van der Waals surface area contributed by atoms with E-state index >= 15 is 0 Å². The number of hydrogen-bond donors (Lipinski definition) is 0. The van der Waals surface area contributed by atoms with Crippen LogP contribution in [-0.2, 0) is 0 Å². The standard InChI is InChI=1S/C17H33BClSi2/c1-8-12-13-15-16(18(10-3)11-4)14(9-2)17(20(15)19)21(5,6)7/h8-13H2,1-7H3. The Kier molecular flexibility index (Phi) is 7.56. The van der Waals surface area contributed by atoms with Crippen LogP contribution in [0.15, 0.2) is 21.1 Å². The number of unbranched alkanes of at least 4 members (excludes halogenated alkanes) is 1. The quantitative estimate of drug-likeness (QED) is 0.352. The molecule has 0 nitrogen and oxygen atoms in total. The molecule has 1 radical (unpaired) electrons. The van der Waals surface area contributed by atoms with Crippen LogP contribution in [0.4, 0.5) is 0 Å². The van der Waals surface area contributed by atoms with Gasteiger partial charge in [-0.1, -0.05) is 93.9 Å². The Bertz CT molecular complexity index is 417. The van der Waals surface area contributed by atoms with Gasteiger partial charge in [0.15, 0.2) is 6.71 Å². The van der Waals surface area contributed by atoms with Crippen LogP contribution in [0.5, 0.6) is 0 Å². The zero-order valence-electron chi connectivity index (χ0n) is 15.2. The molecule has 1 aliphatic rings. The van der Waals surface area contributed by atoms with Gasteiger partial charge in [0.1, 0.15) is 0 Å². The third-order valence-electron chi connectivity index (χ3n) is 4.71. The highest BCUT2D eigenvalue weighted by Gasteiger charge is 2.41. The van der Waals surface area contributed by atoms with Gasteiger partial charge in [0.2, 0.25) is 8.11 Å². The number of rotatable bonds is 8. The van der Waals surface area contributed by atoms with E-state index < -0.39 is 16.2 Å². The van der Waals surface area contributed by atoms with E-state index in [0.29, 0.717) is 0 Å². The van der Waals surface area contributed by atoms with Crippen LogP contribution in [0.2, 0.25) is 32.3 Å². The van der Waals surface area contributed by atoms with Gasteiger partial charge in [-0.05, 0) is 12.8 Å². The maximum atomic E-state index is 7.11. The molecular weight excluding hydrogens is 307 g/mol. The van der Waals surface area contributed by atoms with Gasteiger partial charge in [-0.3, -0.25) is 0 Å². The van der Waals surface area contributed by atoms with Crippen molar-refractivity contribution in [1.29, 1.82) is 0 Å². The molecule has 0 aromatic heterocycles. The van der Waals surface area contributed by atoms with Crippen molar-refractivity contribution in [3.05, 3.63) is 21.1 Å². The molecule has 0 fully saturated rings. The first-order valence-corrected chi connectivity index (χ1v) is 14.8. The van der Waals surface area contributed by atoms with Crippen molar-refractivity contribution in [2.45, 2.75) is 85.7 Å². The first-order chi connectivity index (χ1) is 9.83. The Morgan fingerprint density at radius 3 is 2.00 bits per heavy atom. The lowest BCUT2D eigenvalue weighted by Crippen LogP contribution is -2.32. The summed E-state index contributed by atoms with van der Waals surface area (Å²) in [6.07, 6.45) is 7.52. The fourth-order valence-corrected chi connectivity index (χ4v) is 13.3. The van der Waals surface area contributed by atoms with Gasteiger partial charge in [-0.15, -0.1) is 0 Å². The van der Waals surface area contributed by atoms with Crippen LogP contribution in [0.1, 0.15) is 53.4 Å². The lowest BCUT2D eigenvalue weighted by atomic mass is 9.39. The first-order valence-electron chi connectivity index (χ1n) is 8.83. The second-order valence-corrected chi connectivity index (χ2v) is 15.6. The molecule has 1 rings (SSSR count). The Labute approximate surface area is 140 Å². The molecule has 0 bridgehead atoms. The van der Waals surface area contributed by atoms with Gasteiger partial charge in [0.05, 0.1) is 8.07 Å². The smallest absolute Gasteiger partial charge is 0.157 e. The van der Waals surface area contributed by atoms with Crippen LogP contribution < -0.4 is 0 Å². The molecule has 0 saturated carbocycles. The molecule has 0 amide bonds. The normalized spacial score (nSPS) is 17.1. The Balaban J connectivity index is 3.38. The summed E-state index contributed by atoms with van der Waals surface area (Å²) in [5.41, 5.74) is 3.41. The molecule has 1 heterocycles. The Morgan fingerprint density at radius 1 is 1.05 bits per heavy atom. The maximum Gasteiger partial charge on any atom is 0.221 e.